The van der Waals surface area contributed by atoms with Crippen molar-refractivity contribution in [3.8, 4) is 22.6 Å². The molecule has 10 heteroatoms. The molecular formula is C28H35N7O3. The fraction of sp³-hybridized carbons (Fsp3) is 0.429. The van der Waals surface area contributed by atoms with Crippen LogP contribution < -0.4 is 15.0 Å². The van der Waals surface area contributed by atoms with Crippen LogP contribution in [-0.4, -0.2) is 74.7 Å². The number of ether oxygens (including phenoxy) is 2. The summed E-state index contributed by atoms with van der Waals surface area (Å²) in [5.74, 6) is 1.53. The summed E-state index contributed by atoms with van der Waals surface area (Å²) in [6.07, 6.45) is 7.23. The molecule has 10 nitrogen and oxygen atoms in total. The zero-order chi connectivity index (χ0) is 26.8. The number of piperazine rings is 1. The van der Waals surface area contributed by atoms with Crippen LogP contribution in [0.4, 0.5) is 0 Å². The van der Waals surface area contributed by atoms with Crippen LogP contribution in [0.3, 0.4) is 0 Å². The normalized spacial score (nSPS) is 14.9. The molecule has 0 saturated carbocycles. The molecule has 1 aliphatic rings. The molecule has 0 amide bonds. The second-order valence-corrected chi connectivity index (χ2v) is 10.1. The van der Waals surface area contributed by atoms with Gasteiger partial charge in [0.05, 0.1) is 37.1 Å². The number of aryl methyl sites for hydroxylation is 1. The van der Waals surface area contributed by atoms with Gasteiger partial charge >= 0.3 is 0 Å². The maximum atomic E-state index is 12.6. The fourth-order valence-electron chi connectivity index (χ4n) is 5.03. The minimum atomic E-state index is -0.0731. The lowest BCUT2D eigenvalue weighted by Crippen LogP contribution is -2.45. The van der Waals surface area contributed by atoms with Gasteiger partial charge in [-0.3, -0.25) is 19.6 Å². The van der Waals surface area contributed by atoms with Gasteiger partial charge in [-0.25, -0.2) is 4.68 Å². The van der Waals surface area contributed by atoms with Crippen molar-refractivity contribution >= 4 is 10.8 Å². The number of pyridine rings is 2. The van der Waals surface area contributed by atoms with Crippen LogP contribution in [-0.2, 0) is 20.1 Å². The van der Waals surface area contributed by atoms with Crippen LogP contribution in [0.2, 0.25) is 0 Å². The highest BCUT2D eigenvalue weighted by molar-refractivity contribution is 5.95. The molecule has 4 heterocycles. The Morgan fingerprint density at radius 3 is 2.21 bits per heavy atom. The molecule has 1 aliphatic heterocycles. The van der Waals surface area contributed by atoms with Crippen molar-refractivity contribution < 1.29 is 9.47 Å². The lowest BCUT2D eigenvalue weighted by molar-refractivity contribution is 0.119. The third-order valence-electron chi connectivity index (χ3n) is 7.22. The first-order valence-corrected chi connectivity index (χ1v) is 12.9. The monoisotopic (exact) mass is 517 g/mol. The Morgan fingerprint density at radius 1 is 0.947 bits per heavy atom. The number of fused-ring (bicyclic) bond motifs is 1. The van der Waals surface area contributed by atoms with Crippen molar-refractivity contribution in [3.05, 3.63) is 64.6 Å². The van der Waals surface area contributed by atoms with Crippen molar-refractivity contribution in [2.45, 2.75) is 33.0 Å². The lowest BCUT2D eigenvalue weighted by atomic mass is 9.99. The maximum absolute atomic E-state index is 12.6. The van der Waals surface area contributed by atoms with Gasteiger partial charge in [-0.1, -0.05) is 5.21 Å². The summed E-state index contributed by atoms with van der Waals surface area (Å²) in [5.41, 5.74) is 3.80. The van der Waals surface area contributed by atoms with E-state index < -0.39 is 0 Å². The minimum Gasteiger partial charge on any atom is -0.496 e. The van der Waals surface area contributed by atoms with Crippen LogP contribution in [0.25, 0.3) is 21.9 Å². The summed E-state index contributed by atoms with van der Waals surface area (Å²) in [5, 5.41) is 9.99. The summed E-state index contributed by atoms with van der Waals surface area (Å²) < 4.78 is 15.2. The van der Waals surface area contributed by atoms with Crippen LogP contribution in [0.15, 0.2) is 47.8 Å². The van der Waals surface area contributed by atoms with E-state index in [0.717, 1.165) is 78.5 Å². The van der Waals surface area contributed by atoms with Crippen LogP contribution in [0.5, 0.6) is 11.5 Å². The van der Waals surface area contributed by atoms with E-state index in [4.69, 9.17) is 9.47 Å². The Labute approximate surface area is 222 Å². The number of aromatic nitrogens is 5. The van der Waals surface area contributed by atoms with E-state index in [1.54, 1.807) is 38.2 Å². The number of hydrogen-bond acceptors (Lipinski definition) is 8. The smallest absolute Gasteiger partial charge is 0.259 e. The van der Waals surface area contributed by atoms with Crippen molar-refractivity contribution in [2.24, 2.45) is 7.05 Å². The molecule has 1 saturated heterocycles. The summed E-state index contributed by atoms with van der Waals surface area (Å²) >= 11 is 0. The summed E-state index contributed by atoms with van der Waals surface area (Å²) in [7, 11) is 5.13. The van der Waals surface area contributed by atoms with Gasteiger partial charge in [0.2, 0.25) is 0 Å². The number of methoxy groups -OCH3 is 2. The highest BCUT2D eigenvalue weighted by Crippen LogP contribution is 2.38. The van der Waals surface area contributed by atoms with Gasteiger partial charge in [0.25, 0.3) is 5.56 Å². The van der Waals surface area contributed by atoms with Gasteiger partial charge in [-0.15, -0.1) is 5.10 Å². The standard InChI is InChI=1S/C28H35N7O3/c1-19(2)35-16-21(30-31-35)15-33-8-10-34(11-9-33)18-25-26(37-4)12-20(13-27(25)38-5)24-17-32(3)28(36)23-14-29-7-6-22(23)24/h6-7,12-14,16-17,19H,8-11,15,18H2,1-5H3. The van der Waals surface area contributed by atoms with E-state index in [1.807, 2.05) is 35.3 Å². The third kappa shape index (κ3) is 5.14. The average Bonchev–Trinajstić information content (AvgIpc) is 3.41. The van der Waals surface area contributed by atoms with Crippen LogP contribution in [0.1, 0.15) is 31.1 Å². The molecule has 4 aromatic rings. The van der Waals surface area contributed by atoms with Crippen LogP contribution in [0, 0.1) is 0 Å². The summed E-state index contributed by atoms with van der Waals surface area (Å²) in [4.78, 5) is 21.6. The van der Waals surface area contributed by atoms with Crippen molar-refractivity contribution in [3.63, 3.8) is 0 Å². The zero-order valence-corrected chi connectivity index (χ0v) is 22.7. The van der Waals surface area contributed by atoms with E-state index in [9.17, 15) is 4.79 Å². The van der Waals surface area contributed by atoms with Gasteiger partial charge in [-0.05, 0) is 43.0 Å². The van der Waals surface area contributed by atoms with E-state index in [-0.39, 0.29) is 5.56 Å². The molecule has 1 fully saturated rings. The molecule has 0 spiro atoms. The van der Waals surface area contributed by atoms with Gasteiger partial charge in [0.15, 0.2) is 0 Å². The van der Waals surface area contributed by atoms with Crippen molar-refractivity contribution in [2.75, 3.05) is 40.4 Å². The zero-order valence-electron chi connectivity index (χ0n) is 22.7. The SMILES string of the molecule is COc1cc(-c2cn(C)c(=O)c3cnccc23)cc(OC)c1CN1CCN(Cc2cn(C(C)C)nn2)CC1. The molecule has 1 aromatic carbocycles. The maximum Gasteiger partial charge on any atom is 0.259 e. The Kier molecular flexibility index (Phi) is 7.44. The van der Waals surface area contributed by atoms with Gasteiger partial charge < -0.3 is 14.0 Å². The highest BCUT2D eigenvalue weighted by atomic mass is 16.5. The van der Waals surface area contributed by atoms with E-state index in [2.05, 4.69) is 38.9 Å². The molecule has 0 radical (unpaired) electrons. The molecular weight excluding hydrogens is 482 g/mol. The summed E-state index contributed by atoms with van der Waals surface area (Å²) in [6.45, 7) is 9.52. The molecule has 0 bridgehead atoms. The predicted octanol–water partition coefficient (Wildman–Crippen LogP) is 3.11. The first kappa shape index (κ1) is 25.9. The minimum absolute atomic E-state index is 0.0731. The molecule has 0 N–H and O–H groups in total. The fourth-order valence-corrected chi connectivity index (χ4v) is 5.03. The number of nitrogens with zero attached hydrogens (tertiary/aromatic N) is 7. The molecule has 5 rings (SSSR count). The molecule has 200 valence electrons. The number of rotatable bonds is 8. The molecule has 0 aliphatic carbocycles. The first-order chi connectivity index (χ1) is 18.4. The third-order valence-corrected chi connectivity index (χ3v) is 7.22. The van der Waals surface area contributed by atoms with Gasteiger partial charge in [-0.2, -0.15) is 0 Å². The Morgan fingerprint density at radius 2 is 1.61 bits per heavy atom. The largest absolute Gasteiger partial charge is 0.496 e. The Balaban J connectivity index is 1.35. The average molecular weight is 518 g/mol. The molecule has 3 aromatic heterocycles. The van der Waals surface area contributed by atoms with E-state index >= 15 is 0 Å². The van der Waals surface area contributed by atoms with E-state index in [1.165, 1.54) is 0 Å². The second kappa shape index (κ2) is 10.9. The predicted molar refractivity (Wildman–Crippen MR) is 146 cm³/mol. The molecule has 0 atom stereocenters. The van der Waals surface area contributed by atoms with E-state index in [0.29, 0.717) is 11.4 Å². The number of benzene rings is 1. The summed E-state index contributed by atoms with van der Waals surface area (Å²) in [6, 6.07) is 6.26. The Bertz CT molecular complexity index is 1460. The first-order valence-electron chi connectivity index (χ1n) is 12.9. The number of hydrogen-bond donors (Lipinski definition) is 0. The van der Waals surface area contributed by atoms with Crippen molar-refractivity contribution in [1.29, 1.82) is 0 Å². The van der Waals surface area contributed by atoms with Crippen molar-refractivity contribution in [1.82, 2.24) is 34.3 Å². The lowest BCUT2D eigenvalue weighted by Gasteiger charge is -2.34. The molecule has 38 heavy (non-hydrogen) atoms. The van der Waals surface area contributed by atoms with Gasteiger partial charge in [0.1, 0.15) is 11.5 Å². The van der Waals surface area contributed by atoms with Crippen LogP contribution >= 0.6 is 0 Å². The topological polar surface area (TPSA) is 90.5 Å². The quantitative estimate of drug-likeness (QED) is 0.352. The Hall–Kier alpha value is -3.76. The highest BCUT2D eigenvalue weighted by Gasteiger charge is 2.22. The van der Waals surface area contributed by atoms with Gasteiger partial charge in [0, 0.05) is 76.5 Å². The second-order valence-electron chi connectivity index (χ2n) is 10.1. The molecule has 0 unspecified atom stereocenters.